The third-order valence-electron chi connectivity index (χ3n) is 1.93. The Bertz CT molecular complexity index is 353. The summed E-state index contributed by atoms with van der Waals surface area (Å²) in [4.78, 5) is 11.7. The number of nitrogens with one attached hydrogen (secondary N) is 1. The van der Waals surface area contributed by atoms with Crippen molar-refractivity contribution in [3.63, 3.8) is 0 Å². The molecule has 0 spiro atoms. The Labute approximate surface area is 105 Å². The molecule has 0 radical (unpaired) electrons. The van der Waals surface area contributed by atoms with Crippen molar-refractivity contribution in [1.29, 1.82) is 0 Å². The number of rotatable bonds is 6. The van der Waals surface area contributed by atoms with E-state index in [-0.39, 0.29) is 5.97 Å². The van der Waals surface area contributed by atoms with Crippen molar-refractivity contribution in [3.8, 4) is 0 Å². The molecule has 1 N–H and O–H groups in total. The molecule has 90 valence electrons. The first-order valence-electron chi connectivity index (χ1n) is 5.16. The van der Waals surface area contributed by atoms with Crippen molar-refractivity contribution in [1.82, 2.24) is 10.2 Å². The van der Waals surface area contributed by atoms with Gasteiger partial charge < -0.3 is 4.74 Å². The van der Waals surface area contributed by atoms with Crippen LogP contribution >= 0.6 is 24.4 Å². The number of hydrogen-bond donors (Lipinski definition) is 2. The highest BCUT2D eigenvalue weighted by atomic mass is 32.2. The molecular weight excluding hydrogens is 244 g/mol. The highest BCUT2D eigenvalue weighted by Crippen LogP contribution is 2.24. The Hall–Kier alpha value is -0.620. The number of aromatic nitrogens is 2. The molecule has 1 rings (SSSR count). The number of ether oxygens (including phenoxy) is 1. The van der Waals surface area contributed by atoms with Gasteiger partial charge >= 0.3 is 5.97 Å². The van der Waals surface area contributed by atoms with Gasteiger partial charge in [0, 0.05) is 11.4 Å². The number of aryl methyl sites for hydroxylation is 1. The van der Waals surface area contributed by atoms with Crippen LogP contribution in [0.2, 0.25) is 0 Å². The van der Waals surface area contributed by atoms with E-state index in [1.54, 1.807) is 18.7 Å². The average Bonchev–Trinajstić information content (AvgIpc) is 2.61. The Morgan fingerprint density at radius 3 is 3.00 bits per heavy atom. The Morgan fingerprint density at radius 1 is 1.62 bits per heavy atom. The largest absolute Gasteiger partial charge is 0.462 e. The summed E-state index contributed by atoms with van der Waals surface area (Å²) in [5.74, 6) is 1.44. The Balaban J connectivity index is 2.73. The molecule has 0 atom stereocenters. The normalized spacial score (nSPS) is 10.4. The molecule has 0 saturated heterocycles. The van der Waals surface area contributed by atoms with Crippen LogP contribution in [0.5, 0.6) is 0 Å². The summed E-state index contributed by atoms with van der Waals surface area (Å²) in [7, 11) is 0. The maximum atomic E-state index is 11.7. The zero-order valence-electron chi connectivity index (χ0n) is 9.45. The third kappa shape index (κ3) is 3.45. The van der Waals surface area contributed by atoms with Gasteiger partial charge in [0.2, 0.25) is 0 Å². The van der Waals surface area contributed by atoms with Gasteiger partial charge in [0.1, 0.15) is 10.6 Å². The molecule has 0 aromatic carbocycles. The van der Waals surface area contributed by atoms with E-state index in [2.05, 4.69) is 22.8 Å². The number of thioether (sulfide) groups is 1. The molecule has 0 fully saturated rings. The summed E-state index contributed by atoms with van der Waals surface area (Å²) in [5.41, 5.74) is 1.32. The summed E-state index contributed by atoms with van der Waals surface area (Å²) in [6.45, 7) is 3.99. The Kier molecular flexibility index (Phi) is 5.76. The summed E-state index contributed by atoms with van der Waals surface area (Å²) < 4.78 is 4.99. The number of hydrogen-bond acceptors (Lipinski definition) is 5. The van der Waals surface area contributed by atoms with E-state index < -0.39 is 0 Å². The molecule has 0 unspecified atom stereocenters. The van der Waals surface area contributed by atoms with Crippen LogP contribution in [0, 0.1) is 6.92 Å². The lowest BCUT2D eigenvalue weighted by molar-refractivity contribution is 0.0521. The Morgan fingerprint density at radius 2 is 2.38 bits per heavy atom. The lowest BCUT2D eigenvalue weighted by Gasteiger charge is -2.02. The highest BCUT2D eigenvalue weighted by Gasteiger charge is 2.19. The minimum Gasteiger partial charge on any atom is -0.462 e. The van der Waals surface area contributed by atoms with E-state index >= 15 is 0 Å². The number of H-pyrrole nitrogens is 1. The zero-order chi connectivity index (χ0) is 12.0. The third-order valence-corrected chi connectivity index (χ3v) is 3.31. The highest BCUT2D eigenvalue weighted by molar-refractivity contribution is 7.99. The van der Waals surface area contributed by atoms with E-state index in [0.717, 1.165) is 28.6 Å². The van der Waals surface area contributed by atoms with E-state index in [4.69, 9.17) is 4.74 Å². The molecule has 1 aromatic heterocycles. The molecule has 1 aromatic rings. The van der Waals surface area contributed by atoms with Gasteiger partial charge in [-0.1, -0.05) is 0 Å². The SMILES string of the molecule is CCOC(=O)c1c(SCCCS)n[nH]c1C. The second-order valence-corrected chi connectivity index (χ2v) is 4.71. The van der Waals surface area contributed by atoms with E-state index in [0.29, 0.717) is 12.2 Å². The van der Waals surface area contributed by atoms with Crippen LogP contribution in [-0.2, 0) is 4.74 Å². The van der Waals surface area contributed by atoms with E-state index in [1.165, 1.54) is 0 Å². The van der Waals surface area contributed by atoms with Crippen LogP contribution in [0.15, 0.2) is 5.03 Å². The lowest BCUT2D eigenvalue weighted by Crippen LogP contribution is -2.06. The molecule has 0 aliphatic rings. The van der Waals surface area contributed by atoms with Crippen molar-refractivity contribution in [2.75, 3.05) is 18.1 Å². The first kappa shape index (κ1) is 13.4. The minimum atomic E-state index is -0.304. The number of carbonyl (C=O) groups excluding carboxylic acids is 1. The molecule has 6 heteroatoms. The maximum absolute atomic E-state index is 11.7. The van der Waals surface area contributed by atoms with Gasteiger partial charge in [-0.05, 0) is 26.0 Å². The number of esters is 1. The molecule has 0 aliphatic carbocycles. The van der Waals surface area contributed by atoms with Crippen molar-refractivity contribution >= 4 is 30.4 Å². The van der Waals surface area contributed by atoms with Crippen LogP contribution in [-0.4, -0.2) is 34.3 Å². The van der Waals surface area contributed by atoms with Gasteiger partial charge in [0.25, 0.3) is 0 Å². The monoisotopic (exact) mass is 260 g/mol. The average molecular weight is 260 g/mol. The molecule has 0 bridgehead atoms. The van der Waals surface area contributed by atoms with Crippen molar-refractivity contribution in [3.05, 3.63) is 11.3 Å². The van der Waals surface area contributed by atoms with Gasteiger partial charge in [-0.3, -0.25) is 5.10 Å². The smallest absolute Gasteiger partial charge is 0.342 e. The fourth-order valence-electron chi connectivity index (χ4n) is 1.19. The topological polar surface area (TPSA) is 55.0 Å². The summed E-state index contributed by atoms with van der Waals surface area (Å²) in [6.07, 6.45) is 0.988. The van der Waals surface area contributed by atoms with Crippen LogP contribution < -0.4 is 0 Å². The zero-order valence-corrected chi connectivity index (χ0v) is 11.2. The summed E-state index contributed by atoms with van der Waals surface area (Å²) >= 11 is 5.69. The molecule has 0 amide bonds. The van der Waals surface area contributed by atoms with Crippen LogP contribution in [0.25, 0.3) is 0 Å². The summed E-state index contributed by atoms with van der Waals surface area (Å²) in [5, 5.41) is 7.64. The summed E-state index contributed by atoms with van der Waals surface area (Å²) in [6, 6.07) is 0. The molecule has 1 heterocycles. The molecule has 0 saturated carbocycles. The maximum Gasteiger partial charge on any atom is 0.342 e. The van der Waals surface area contributed by atoms with Crippen molar-refractivity contribution in [2.45, 2.75) is 25.3 Å². The van der Waals surface area contributed by atoms with Crippen LogP contribution in [0.4, 0.5) is 0 Å². The van der Waals surface area contributed by atoms with Crippen molar-refractivity contribution < 1.29 is 9.53 Å². The van der Waals surface area contributed by atoms with Gasteiger partial charge in [0.15, 0.2) is 0 Å². The van der Waals surface area contributed by atoms with Gasteiger partial charge in [-0.2, -0.15) is 17.7 Å². The van der Waals surface area contributed by atoms with Gasteiger partial charge in [-0.15, -0.1) is 11.8 Å². The standard InChI is InChI=1S/C10H16N2O2S2/c1-3-14-10(13)8-7(2)11-12-9(8)16-6-4-5-15/h15H,3-6H2,1-2H3,(H,11,12). The minimum absolute atomic E-state index is 0.304. The number of aromatic amines is 1. The molecular formula is C10H16N2O2S2. The first-order chi connectivity index (χ1) is 7.70. The molecule has 0 aliphatic heterocycles. The van der Waals surface area contributed by atoms with Crippen LogP contribution in [0.3, 0.4) is 0 Å². The second kappa shape index (κ2) is 6.85. The predicted octanol–water partition coefficient (Wildman–Crippen LogP) is 2.31. The number of thiol groups is 1. The fourth-order valence-corrected chi connectivity index (χ4v) is 2.53. The second-order valence-electron chi connectivity index (χ2n) is 3.17. The van der Waals surface area contributed by atoms with Gasteiger partial charge in [0.05, 0.1) is 6.61 Å². The molecule has 4 nitrogen and oxygen atoms in total. The van der Waals surface area contributed by atoms with Crippen molar-refractivity contribution in [2.24, 2.45) is 0 Å². The molecule has 16 heavy (non-hydrogen) atoms. The lowest BCUT2D eigenvalue weighted by atomic mass is 10.3. The number of nitrogens with zero attached hydrogens (tertiary/aromatic N) is 1. The quantitative estimate of drug-likeness (QED) is 0.357. The van der Waals surface area contributed by atoms with E-state index in [9.17, 15) is 4.79 Å². The van der Waals surface area contributed by atoms with Gasteiger partial charge in [-0.25, -0.2) is 4.79 Å². The van der Waals surface area contributed by atoms with E-state index in [1.807, 2.05) is 6.92 Å². The predicted molar refractivity (Wildman–Crippen MR) is 68.5 cm³/mol. The van der Waals surface area contributed by atoms with Crippen LogP contribution in [0.1, 0.15) is 29.4 Å². The first-order valence-corrected chi connectivity index (χ1v) is 6.78. The number of carbonyl (C=O) groups is 1. The fraction of sp³-hybridized carbons (Fsp3) is 0.600.